The molecule has 8 nitrogen and oxygen atoms in total. The third-order valence-corrected chi connectivity index (χ3v) is 8.47. The van der Waals surface area contributed by atoms with E-state index < -0.39 is 35.0 Å². The Morgan fingerprint density at radius 3 is 2.59 bits per heavy atom. The van der Waals surface area contributed by atoms with E-state index >= 15 is 0 Å². The topological polar surface area (TPSA) is 96.4 Å². The molecule has 37 heavy (non-hydrogen) atoms. The van der Waals surface area contributed by atoms with Crippen molar-refractivity contribution in [1.29, 1.82) is 0 Å². The third-order valence-electron chi connectivity index (χ3n) is 8.47. The highest BCUT2D eigenvalue weighted by atomic mass is 16.6. The molecule has 1 N–H and O–H groups in total. The molecule has 8 heteroatoms. The summed E-state index contributed by atoms with van der Waals surface area (Å²) in [6, 6.07) is -0.775. The van der Waals surface area contributed by atoms with Crippen LogP contribution >= 0.6 is 0 Å². The van der Waals surface area contributed by atoms with E-state index in [9.17, 15) is 19.5 Å². The van der Waals surface area contributed by atoms with Gasteiger partial charge in [0.15, 0.2) is 0 Å². The van der Waals surface area contributed by atoms with Crippen molar-refractivity contribution in [1.82, 2.24) is 9.80 Å². The standard InChI is InChI=1S/C29H46N2O6/c1-5-9-14-21-36-27(35)23-22-25(33)31(19-12-11-13-20-32)24(26(34)30(17-7-3)18-10-6-2)29(22)16-15-28(23,8-4)37-29/h5,7,22-24,32H,1,3,6,8-21H2,2,4H3/t22-,23+,24?,28-,29?/m0/s1. The number of hydrogen-bond acceptors (Lipinski definition) is 6. The molecule has 3 aliphatic rings. The molecule has 2 unspecified atom stereocenters. The van der Waals surface area contributed by atoms with Crippen LogP contribution in [0, 0.1) is 11.8 Å². The molecule has 0 aromatic rings. The fourth-order valence-corrected chi connectivity index (χ4v) is 6.63. The van der Waals surface area contributed by atoms with Gasteiger partial charge in [-0.1, -0.05) is 32.4 Å². The second kappa shape index (κ2) is 13.1. The van der Waals surface area contributed by atoms with Gasteiger partial charge in [-0.3, -0.25) is 14.4 Å². The molecule has 5 atom stereocenters. The number of allylic oxidation sites excluding steroid dienone is 1. The minimum Gasteiger partial charge on any atom is -0.465 e. The Balaban J connectivity index is 1.97. The van der Waals surface area contributed by atoms with E-state index in [4.69, 9.17) is 9.47 Å². The van der Waals surface area contributed by atoms with E-state index in [1.807, 2.05) is 6.92 Å². The van der Waals surface area contributed by atoms with Crippen molar-refractivity contribution in [3.8, 4) is 0 Å². The van der Waals surface area contributed by atoms with Crippen LogP contribution in [0.3, 0.4) is 0 Å². The van der Waals surface area contributed by atoms with Crippen molar-refractivity contribution >= 4 is 17.8 Å². The highest BCUT2D eigenvalue weighted by molar-refractivity contribution is 5.98. The van der Waals surface area contributed by atoms with Crippen LogP contribution in [0.15, 0.2) is 25.3 Å². The lowest BCUT2D eigenvalue weighted by atomic mass is 9.65. The number of carbonyl (C=O) groups excluding carboxylic acids is 3. The van der Waals surface area contributed by atoms with E-state index in [0.717, 1.165) is 25.7 Å². The predicted octanol–water partition coefficient (Wildman–Crippen LogP) is 3.63. The molecule has 0 aromatic heterocycles. The van der Waals surface area contributed by atoms with Crippen LogP contribution in [0.1, 0.15) is 78.1 Å². The molecule has 3 saturated heterocycles. The summed E-state index contributed by atoms with van der Waals surface area (Å²) in [6.07, 6.45) is 10.6. The normalized spacial score (nSPS) is 29.9. The van der Waals surface area contributed by atoms with E-state index in [-0.39, 0.29) is 25.0 Å². The highest BCUT2D eigenvalue weighted by Gasteiger charge is 2.79. The van der Waals surface area contributed by atoms with Gasteiger partial charge in [-0.15, -0.1) is 13.2 Å². The van der Waals surface area contributed by atoms with Crippen LogP contribution in [0.2, 0.25) is 0 Å². The van der Waals surface area contributed by atoms with Crippen LogP contribution in [0.25, 0.3) is 0 Å². The lowest BCUT2D eigenvalue weighted by Crippen LogP contribution is -2.56. The molecule has 3 aliphatic heterocycles. The van der Waals surface area contributed by atoms with Crippen LogP contribution in [0.4, 0.5) is 0 Å². The average molecular weight is 519 g/mol. The molecule has 3 heterocycles. The van der Waals surface area contributed by atoms with Gasteiger partial charge in [-0.05, 0) is 57.8 Å². The van der Waals surface area contributed by atoms with Crippen molar-refractivity contribution in [2.45, 2.75) is 95.3 Å². The molecule has 2 amide bonds. The predicted molar refractivity (Wildman–Crippen MR) is 142 cm³/mol. The van der Waals surface area contributed by atoms with Crippen molar-refractivity contribution in [3.63, 3.8) is 0 Å². The number of aliphatic hydroxyl groups excluding tert-OH is 1. The van der Waals surface area contributed by atoms with Gasteiger partial charge >= 0.3 is 5.97 Å². The van der Waals surface area contributed by atoms with Gasteiger partial charge in [0.25, 0.3) is 0 Å². The first-order valence-corrected chi connectivity index (χ1v) is 14.2. The molecule has 0 aromatic carbocycles. The quantitative estimate of drug-likeness (QED) is 0.179. The minimum atomic E-state index is -1.03. The Bertz CT molecular complexity index is 846. The number of unbranched alkanes of at least 4 members (excludes halogenated alkanes) is 4. The first-order chi connectivity index (χ1) is 17.9. The third kappa shape index (κ3) is 5.51. The molecule has 3 fully saturated rings. The lowest BCUT2D eigenvalue weighted by Gasteiger charge is -2.37. The van der Waals surface area contributed by atoms with Gasteiger partial charge in [0, 0.05) is 26.2 Å². The molecule has 2 bridgehead atoms. The molecular formula is C29H46N2O6. The van der Waals surface area contributed by atoms with E-state index in [1.54, 1.807) is 22.0 Å². The summed E-state index contributed by atoms with van der Waals surface area (Å²) in [6.45, 7) is 13.4. The number of likely N-dealkylation sites (tertiary alicyclic amines) is 1. The maximum Gasteiger partial charge on any atom is 0.312 e. The molecule has 0 saturated carbocycles. The number of aliphatic hydroxyl groups is 1. The van der Waals surface area contributed by atoms with Gasteiger partial charge < -0.3 is 24.4 Å². The zero-order valence-electron chi connectivity index (χ0n) is 22.8. The summed E-state index contributed by atoms with van der Waals surface area (Å²) in [5.41, 5.74) is -1.82. The van der Waals surface area contributed by atoms with E-state index in [1.165, 1.54) is 0 Å². The zero-order valence-corrected chi connectivity index (χ0v) is 22.8. The fraction of sp³-hybridized carbons (Fsp3) is 0.759. The Morgan fingerprint density at radius 2 is 1.95 bits per heavy atom. The summed E-state index contributed by atoms with van der Waals surface area (Å²) in [5, 5.41) is 9.21. The highest BCUT2D eigenvalue weighted by Crippen LogP contribution is 2.64. The number of carbonyl (C=O) groups is 3. The smallest absolute Gasteiger partial charge is 0.312 e. The zero-order chi connectivity index (χ0) is 27.1. The number of esters is 1. The SMILES string of the molecule is C=CCCCOC(=O)[C@H]1[C@H]2C(=O)N(CCCCCO)C(C(=O)N(CC=C)CCCC)C23CC[C@]1(CC)O3. The second-order valence-electron chi connectivity index (χ2n) is 10.7. The first kappa shape index (κ1) is 29.4. The van der Waals surface area contributed by atoms with Crippen molar-refractivity contribution in [2.24, 2.45) is 11.8 Å². The summed E-state index contributed by atoms with van der Waals surface area (Å²) < 4.78 is 12.5. The number of amides is 2. The summed E-state index contributed by atoms with van der Waals surface area (Å²) >= 11 is 0. The van der Waals surface area contributed by atoms with E-state index in [0.29, 0.717) is 58.2 Å². The second-order valence-corrected chi connectivity index (χ2v) is 10.7. The van der Waals surface area contributed by atoms with Crippen LogP contribution in [-0.4, -0.2) is 82.8 Å². The minimum absolute atomic E-state index is 0.0922. The molecular weight excluding hydrogens is 472 g/mol. The number of fused-ring (bicyclic) bond motifs is 1. The maximum atomic E-state index is 14.2. The van der Waals surface area contributed by atoms with Gasteiger partial charge in [0.1, 0.15) is 17.6 Å². The monoisotopic (exact) mass is 518 g/mol. The van der Waals surface area contributed by atoms with Gasteiger partial charge in [0.2, 0.25) is 11.8 Å². The molecule has 0 aliphatic carbocycles. The Kier molecular flexibility index (Phi) is 10.4. The summed E-state index contributed by atoms with van der Waals surface area (Å²) in [5.74, 6) is -2.15. The average Bonchev–Trinajstić information content (AvgIpc) is 3.50. The number of rotatable bonds is 17. The summed E-state index contributed by atoms with van der Waals surface area (Å²) in [4.78, 5) is 45.2. The van der Waals surface area contributed by atoms with Gasteiger partial charge in [-0.2, -0.15) is 0 Å². The molecule has 208 valence electrons. The van der Waals surface area contributed by atoms with Crippen molar-refractivity contribution < 1.29 is 29.0 Å². The van der Waals surface area contributed by atoms with Crippen molar-refractivity contribution in [2.75, 3.05) is 32.8 Å². The van der Waals surface area contributed by atoms with E-state index in [2.05, 4.69) is 20.1 Å². The van der Waals surface area contributed by atoms with Crippen LogP contribution < -0.4 is 0 Å². The molecule has 3 rings (SSSR count). The number of ether oxygens (including phenoxy) is 2. The van der Waals surface area contributed by atoms with Crippen LogP contribution in [0.5, 0.6) is 0 Å². The number of nitrogens with zero attached hydrogens (tertiary/aromatic N) is 2. The molecule has 0 radical (unpaired) electrons. The largest absolute Gasteiger partial charge is 0.465 e. The molecule has 1 spiro atoms. The van der Waals surface area contributed by atoms with Gasteiger partial charge in [0.05, 0.1) is 18.1 Å². The maximum absolute atomic E-state index is 14.2. The van der Waals surface area contributed by atoms with Crippen LogP contribution in [-0.2, 0) is 23.9 Å². The van der Waals surface area contributed by atoms with Crippen molar-refractivity contribution in [3.05, 3.63) is 25.3 Å². The lowest BCUT2D eigenvalue weighted by molar-refractivity contribution is -0.162. The Hall–Kier alpha value is -2.19. The number of hydrogen-bond donors (Lipinski definition) is 1. The fourth-order valence-electron chi connectivity index (χ4n) is 6.63. The van der Waals surface area contributed by atoms with Gasteiger partial charge in [-0.25, -0.2) is 0 Å². The summed E-state index contributed by atoms with van der Waals surface area (Å²) in [7, 11) is 0. The first-order valence-electron chi connectivity index (χ1n) is 14.2. The Labute approximate surface area is 222 Å². The Morgan fingerprint density at radius 1 is 1.16 bits per heavy atom.